The van der Waals surface area contributed by atoms with Crippen LogP contribution in [0.5, 0.6) is 0 Å². The van der Waals surface area contributed by atoms with Crippen LogP contribution in [0, 0.1) is 0 Å². The Labute approximate surface area is 109 Å². The van der Waals surface area contributed by atoms with Gasteiger partial charge in [0.1, 0.15) is 0 Å². The molecular formula is C13H26N2O3. The number of hydrogen-bond donors (Lipinski definition) is 2. The Morgan fingerprint density at radius 1 is 1.50 bits per heavy atom. The van der Waals surface area contributed by atoms with Crippen LogP contribution in [-0.4, -0.2) is 43.4 Å². The van der Waals surface area contributed by atoms with Gasteiger partial charge in [0.05, 0.1) is 11.6 Å². The normalized spacial score (nSPS) is 20.9. The summed E-state index contributed by atoms with van der Waals surface area (Å²) in [6.07, 6.45) is 2.73. The second-order valence-corrected chi connectivity index (χ2v) is 5.43. The highest BCUT2D eigenvalue weighted by Crippen LogP contribution is 2.15. The lowest BCUT2D eigenvalue weighted by Crippen LogP contribution is -2.56. The standard InChI is InChI=1S/C13H26N2O3/c1-10(2)15-13(3,12(14)16)6-9-18-11-4-7-17-8-5-11/h10-11,15H,4-9H2,1-3H3,(H2,14,16). The monoisotopic (exact) mass is 258 g/mol. The molecule has 1 unspecified atom stereocenters. The SMILES string of the molecule is CC(C)NC(C)(CCOC1CCOCC1)C(N)=O. The van der Waals surface area contributed by atoms with E-state index in [0.29, 0.717) is 13.0 Å². The molecule has 0 spiro atoms. The number of amides is 1. The van der Waals surface area contributed by atoms with E-state index in [4.69, 9.17) is 15.2 Å². The van der Waals surface area contributed by atoms with E-state index in [0.717, 1.165) is 26.1 Å². The molecule has 5 nitrogen and oxygen atoms in total. The molecule has 1 saturated heterocycles. The lowest BCUT2D eigenvalue weighted by atomic mass is 9.96. The molecule has 1 atom stereocenters. The first-order chi connectivity index (χ1) is 8.44. The van der Waals surface area contributed by atoms with Crippen LogP contribution in [-0.2, 0) is 14.3 Å². The zero-order valence-corrected chi connectivity index (χ0v) is 11.7. The zero-order chi connectivity index (χ0) is 13.6. The number of hydrogen-bond acceptors (Lipinski definition) is 4. The third kappa shape index (κ3) is 4.92. The van der Waals surface area contributed by atoms with E-state index < -0.39 is 5.54 Å². The first-order valence-corrected chi connectivity index (χ1v) is 6.71. The smallest absolute Gasteiger partial charge is 0.237 e. The summed E-state index contributed by atoms with van der Waals surface area (Å²) in [5.74, 6) is -0.327. The molecule has 3 N–H and O–H groups in total. The van der Waals surface area contributed by atoms with Gasteiger partial charge in [-0.3, -0.25) is 4.79 Å². The molecule has 1 heterocycles. The Hall–Kier alpha value is -0.650. The fourth-order valence-corrected chi connectivity index (χ4v) is 2.18. The average molecular weight is 258 g/mol. The van der Waals surface area contributed by atoms with Crippen LogP contribution >= 0.6 is 0 Å². The highest BCUT2D eigenvalue weighted by Gasteiger charge is 2.31. The summed E-state index contributed by atoms with van der Waals surface area (Å²) in [6, 6.07) is 0.214. The summed E-state index contributed by atoms with van der Waals surface area (Å²) in [5, 5.41) is 3.21. The van der Waals surface area contributed by atoms with E-state index in [1.165, 1.54) is 0 Å². The van der Waals surface area contributed by atoms with Crippen molar-refractivity contribution in [2.75, 3.05) is 19.8 Å². The Balaban J connectivity index is 2.35. The van der Waals surface area contributed by atoms with E-state index >= 15 is 0 Å². The van der Waals surface area contributed by atoms with Crippen LogP contribution in [0.4, 0.5) is 0 Å². The molecule has 18 heavy (non-hydrogen) atoms. The second-order valence-electron chi connectivity index (χ2n) is 5.43. The molecule has 0 aromatic heterocycles. The van der Waals surface area contributed by atoms with Gasteiger partial charge < -0.3 is 20.5 Å². The number of primary amides is 1. The van der Waals surface area contributed by atoms with Crippen molar-refractivity contribution in [3.05, 3.63) is 0 Å². The van der Waals surface area contributed by atoms with Crippen molar-refractivity contribution in [2.45, 2.75) is 57.7 Å². The van der Waals surface area contributed by atoms with Gasteiger partial charge in [-0.1, -0.05) is 0 Å². The van der Waals surface area contributed by atoms with Crippen LogP contribution in [0.3, 0.4) is 0 Å². The Kier molecular flexibility index (Phi) is 6.05. The highest BCUT2D eigenvalue weighted by atomic mass is 16.5. The third-order valence-electron chi connectivity index (χ3n) is 3.28. The summed E-state index contributed by atoms with van der Waals surface area (Å²) >= 11 is 0. The van der Waals surface area contributed by atoms with Gasteiger partial charge in [-0.15, -0.1) is 0 Å². The van der Waals surface area contributed by atoms with E-state index in [9.17, 15) is 4.79 Å². The average Bonchev–Trinajstić information content (AvgIpc) is 2.29. The number of rotatable bonds is 7. The van der Waals surface area contributed by atoms with Crippen LogP contribution in [0.15, 0.2) is 0 Å². The number of carbonyl (C=O) groups is 1. The van der Waals surface area contributed by atoms with E-state index in [1.54, 1.807) is 0 Å². The fraction of sp³-hybridized carbons (Fsp3) is 0.923. The first kappa shape index (κ1) is 15.4. The topological polar surface area (TPSA) is 73.6 Å². The Morgan fingerprint density at radius 3 is 2.61 bits per heavy atom. The van der Waals surface area contributed by atoms with Crippen LogP contribution in [0.2, 0.25) is 0 Å². The van der Waals surface area contributed by atoms with Crippen LogP contribution < -0.4 is 11.1 Å². The maximum atomic E-state index is 11.5. The largest absolute Gasteiger partial charge is 0.381 e. The maximum Gasteiger partial charge on any atom is 0.237 e. The minimum atomic E-state index is -0.695. The molecule has 0 bridgehead atoms. The van der Waals surface area contributed by atoms with Crippen molar-refractivity contribution in [3.63, 3.8) is 0 Å². The summed E-state index contributed by atoms with van der Waals surface area (Å²) in [7, 11) is 0. The van der Waals surface area contributed by atoms with Gasteiger partial charge in [-0.25, -0.2) is 0 Å². The molecule has 1 fully saturated rings. The maximum absolute atomic E-state index is 11.5. The van der Waals surface area contributed by atoms with E-state index in [1.807, 2.05) is 20.8 Å². The van der Waals surface area contributed by atoms with Crippen LogP contribution in [0.25, 0.3) is 0 Å². The van der Waals surface area contributed by atoms with Crippen molar-refractivity contribution >= 4 is 5.91 Å². The number of ether oxygens (including phenoxy) is 2. The Morgan fingerprint density at radius 2 is 2.11 bits per heavy atom. The predicted octanol–water partition coefficient (Wildman–Crippen LogP) is 0.814. The number of nitrogens with one attached hydrogen (secondary N) is 1. The fourth-order valence-electron chi connectivity index (χ4n) is 2.18. The van der Waals surface area contributed by atoms with E-state index in [-0.39, 0.29) is 18.1 Å². The van der Waals surface area contributed by atoms with Crippen LogP contribution in [0.1, 0.15) is 40.0 Å². The first-order valence-electron chi connectivity index (χ1n) is 6.71. The second kappa shape index (κ2) is 7.07. The van der Waals surface area contributed by atoms with Gasteiger partial charge in [-0.05, 0) is 40.0 Å². The van der Waals surface area contributed by atoms with Gasteiger partial charge in [0.2, 0.25) is 5.91 Å². The summed E-state index contributed by atoms with van der Waals surface area (Å²) in [4.78, 5) is 11.5. The van der Waals surface area contributed by atoms with Gasteiger partial charge >= 0.3 is 0 Å². The highest BCUT2D eigenvalue weighted by molar-refractivity contribution is 5.84. The molecular weight excluding hydrogens is 232 g/mol. The minimum absolute atomic E-state index is 0.214. The summed E-state index contributed by atoms with van der Waals surface area (Å²) in [6.45, 7) is 7.91. The molecule has 5 heteroatoms. The minimum Gasteiger partial charge on any atom is -0.381 e. The van der Waals surface area contributed by atoms with Gasteiger partial charge in [-0.2, -0.15) is 0 Å². The quantitative estimate of drug-likeness (QED) is 0.709. The molecule has 1 aliphatic rings. The van der Waals surface area contributed by atoms with Crippen molar-refractivity contribution in [3.8, 4) is 0 Å². The lowest BCUT2D eigenvalue weighted by Gasteiger charge is -2.31. The van der Waals surface area contributed by atoms with Gasteiger partial charge in [0.15, 0.2) is 0 Å². The predicted molar refractivity (Wildman–Crippen MR) is 70.3 cm³/mol. The lowest BCUT2D eigenvalue weighted by molar-refractivity contribution is -0.125. The van der Waals surface area contributed by atoms with Gasteiger partial charge in [0, 0.05) is 25.9 Å². The molecule has 0 aliphatic carbocycles. The van der Waals surface area contributed by atoms with Gasteiger partial charge in [0.25, 0.3) is 0 Å². The summed E-state index contributed by atoms with van der Waals surface area (Å²) < 4.78 is 11.1. The molecule has 0 radical (unpaired) electrons. The molecule has 1 rings (SSSR count). The van der Waals surface area contributed by atoms with Crippen molar-refractivity contribution in [2.24, 2.45) is 5.73 Å². The molecule has 1 aliphatic heterocycles. The van der Waals surface area contributed by atoms with Crippen molar-refractivity contribution in [1.29, 1.82) is 0 Å². The molecule has 1 amide bonds. The van der Waals surface area contributed by atoms with Crippen molar-refractivity contribution in [1.82, 2.24) is 5.32 Å². The number of nitrogens with two attached hydrogens (primary N) is 1. The summed E-state index contributed by atoms with van der Waals surface area (Å²) in [5.41, 5.74) is 4.77. The third-order valence-corrected chi connectivity index (χ3v) is 3.28. The van der Waals surface area contributed by atoms with Crippen molar-refractivity contribution < 1.29 is 14.3 Å². The number of carbonyl (C=O) groups excluding carboxylic acids is 1. The molecule has 0 aromatic carbocycles. The Bertz CT molecular complexity index is 265. The molecule has 0 aromatic rings. The van der Waals surface area contributed by atoms with E-state index in [2.05, 4.69) is 5.32 Å². The molecule has 0 saturated carbocycles. The molecule has 106 valence electrons. The zero-order valence-electron chi connectivity index (χ0n) is 11.7.